The van der Waals surface area contributed by atoms with Crippen LogP contribution in [0.2, 0.25) is 0 Å². The number of aryl methyl sites for hydroxylation is 1. The van der Waals surface area contributed by atoms with Gasteiger partial charge in [0.2, 0.25) is 5.91 Å². The maximum Gasteiger partial charge on any atom is 0.274 e. The fourth-order valence-corrected chi connectivity index (χ4v) is 3.73. The molecule has 0 bridgehead atoms. The first-order chi connectivity index (χ1) is 15.5. The van der Waals surface area contributed by atoms with Crippen molar-refractivity contribution in [3.8, 4) is 0 Å². The molecule has 1 amide bonds. The molecular weight excluding hydrogens is 406 g/mol. The zero-order valence-corrected chi connectivity index (χ0v) is 18.0. The van der Waals surface area contributed by atoms with Crippen LogP contribution in [-0.2, 0) is 4.79 Å². The quantitative estimate of drug-likeness (QED) is 0.367. The molecule has 0 radical (unpaired) electrons. The Morgan fingerprint density at radius 1 is 1.03 bits per heavy atom. The fraction of sp³-hybridized carbons (Fsp3) is 0.240. The zero-order valence-electron chi connectivity index (χ0n) is 18.0. The molecule has 166 valence electrons. The van der Waals surface area contributed by atoms with Crippen LogP contribution in [0.4, 0.5) is 11.4 Å². The van der Waals surface area contributed by atoms with Gasteiger partial charge in [0.15, 0.2) is 0 Å². The standard InChI is InChI=1S/C25H27N3O4/c1-19-13-14-22(17-23(19)28(31)32)26-24(30)18-27(15-8-16-29)25(20-9-4-2-5-10-20)21-11-6-3-7-12-21/h2-7,9-14,17,25,29H,8,15-16,18H2,1H3,(H,26,30). The number of amides is 1. The summed E-state index contributed by atoms with van der Waals surface area (Å²) in [4.78, 5) is 25.7. The van der Waals surface area contributed by atoms with E-state index in [4.69, 9.17) is 0 Å². The first kappa shape index (κ1) is 23.1. The van der Waals surface area contributed by atoms with Crippen molar-refractivity contribution in [2.75, 3.05) is 25.0 Å². The summed E-state index contributed by atoms with van der Waals surface area (Å²) in [5, 5.41) is 23.4. The smallest absolute Gasteiger partial charge is 0.274 e. The van der Waals surface area contributed by atoms with Gasteiger partial charge in [-0.05, 0) is 30.5 Å². The van der Waals surface area contributed by atoms with Gasteiger partial charge in [-0.1, -0.05) is 66.7 Å². The second kappa shape index (κ2) is 11.2. The summed E-state index contributed by atoms with van der Waals surface area (Å²) in [6.45, 7) is 2.24. The van der Waals surface area contributed by atoms with Crippen molar-refractivity contribution >= 4 is 17.3 Å². The van der Waals surface area contributed by atoms with E-state index in [1.807, 2.05) is 65.6 Å². The van der Waals surface area contributed by atoms with Crippen LogP contribution >= 0.6 is 0 Å². The van der Waals surface area contributed by atoms with Crippen molar-refractivity contribution < 1.29 is 14.8 Å². The van der Waals surface area contributed by atoms with Crippen LogP contribution in [0.25, 0.3) is 0 Å². The minimum atomic E-state index is -0.459. The first-order valence-electron chi connectivity index (χ1n) is 10.5. The number of nitrogens with zero attached hydrogens (tertiary/aromatic N) is 2. The van der Waals surface area contributed by atoms with Crippen molar-refractivity contribution in [2.24, 2.45) is 0 Å². The Morgan fingerprint density at radius 3 is 2.16 bits per heavy atom. The molecule has 0 fully saturated rings. The van der Waals surface area contributed by atoms with Gasteiger partial charge < -0.3 is 10.4 Å². The van der Waals surface area contributed by atoms with E-state index in [1.54, 1.807) is 19.1 Å². The van der Waals surface area contributed by atoms with E-state index in [2.05, 4.69) is 5.32 Å². The minimum Gasteiger partial charge on any atom is -0.396 e. The van der Waals surface area contributed by atoms with Gasteiger partial charge in [0.1, 0.15) is 0 Å². The number of carbonyl (C=O) groups excluding carboxylic acids is 1. The Morgan fingerprint density at radius 2 is 1.62 bits per heavy atom. The number of nitrogens with one attached hydrogen (secondary N) is 1. The van der Waals surface area contributed by atoms with E-state index in [9.17, 15) is 20.0 Å². The molecule has 0 aromatic heterocycles. The van der Waals surface area contributed by atoms with Gasteiger partial charge in [0.25, 0.3) is 5.69 Å². The predicted molar refractivity (Wildman–Crippen MR) is 124 cm³/mol. The molecule has 7 heteroatoms. The van der Waals surface area contributed by atoms with E-state index >= 15 is 0 Å². The van der Waals surface area contributed by atoms with Gasteiger partial charge in [-0.15, -0.1) is 0 Å². The number of rotatable bonds is 10. The molecule has 0 aliphatic rings. The number of nitro groups is 1. The molecule has 0 spiro atoms. The van der Waals surface area contributed by atoms with Crippen molar-refractivity contribution in [1.29, 1.82) is 0 Å². The third-order valence-electron chi connectivity index (χ3n) is 5.24. The number of aliphatic hydroxyl groups excluding tert-OH is 1. The Hall–Kier alpha value is -3.55. The molecule has 0 unspecified atom stereocenters. The van der Waals surface area contributed by atoms with Crippen molar-refractivity contribution in [1.82, 2.24) is 4.90 Å². The third-order valence-corrected chi connectivity index (χ3v) is 5.24. The molecular formula is C25H27N3O4. The maximum absolute atomic E-state index is 12.9. The largest absolute Gasteiger partial charge is 0.396 e. The molecule has 0 saturated heterocycles. The van der Waals surface area contributed by atoms with Crippen molar-refractivity contribution in [2.45, 2.75) is 19.4 Å². The molecule has 0 aliphatic heterocycles. The summed E-state index contributed by atoms with van der Waals surface area (Å²) >= 11 is 0. The van der Waals surface area contributed by atoms with E-state index in [0.29, 0.717) is 24.2 Å². The summed E-state index contributed by atoms with van der Waals surface area (Å²) in [5.74, 6) is -0.280. The van der Waals surface area contributed by atoms with Crippen LogP contribution in [0.15, 0.2) is 78.9 Å². The lowest BCUT2D eigenvalue weighted by Crippen LogP contribution is -2.38. The third kappa shape index (κ3) is 6.00. The Kier molecular flexibility index (Phi) is 8.08. The van der Waals surface area contributed by atoms with Gasteiger partial charge >= 0.3 is 0 Å². The lowest BCUT2D eigenvalue weighted by atomic mass is 9.96. The molecule has 3 aromatic carbocycles. The Balaban J connectivity index is 1.86. The molecule has 0 atom stereocenters. The second-order valence-electron chi connectivity index (χ2n) is 7.58. The molecule has 32 heavy (non-hydrogen) atoms. The molecule has 0 saturated carbocycles. The normalized spacial score (nSPS) is 11.0. The minimum absolute atomic E-state index is 0.0125. The molecule has 0 heterocycles. The van der Waals surface area contributed by atoms with Crippen LogP contribution in [0.3, 0.4) is 0 Å². The number of anilines is 1. The van der Waals surface area contributed by atoms with Gasteiger partial charge in [-0.2, -0.15) is 0 Å². The van der Waals surface area contributed by atoms with Crippen LogP contribution in [-0.4, -0.2) is 40.5 Å². The van der Waals surface area contributed by atoms with Gasteiger partial charge in [0.05, 0.1) is 17.5 Å². The van der Waals surface area contributed by atoms with E-state index < -0.39 is 4.92 Å². The van der Waals surface area contributed by atoms with Crippen LogP contribution in [0, 0.1) is 17.0 Å². The average molecular weight is 434 g/mol. The van der Waals surface area contributed by atoms with Gasteiger partial charge in [-0.25, -0.2) is 0 Å². The highest BCUT2D eigenvalue weighted by Gasteiger charge is 2.24. The number of hydrogen-bond donors (Lipinski definition) is 2. The summed E-state index contributed by atoms with van der Waals surface area (Å²) < 4.78 is 0. The summed E-state index contributed by atoms with van der Waals surface area (Å²) in [7, 11) is 0. The van der Waals surface area contributed by atoms with Crippen molar-refractivity contribution in [3.05, 3.63) is 106 Å². The number of carbonyl (C=O) groups is 1. The van der Waals surface area contributed by atoms with Gasteiger partial charge in [-0.3, -0.25) is 19.8 Å². The first-order valence-corrected chi connectivity index (χ1v) is 10.5. The zero-order chi connectivity index (χ0) is 22.9. The lowest BCUT2D eigenvalue weighted by Gasteiger charge is -2.32. The number of hydrogen-bond acceptors (Lipinski definition) is 5. The topological polar surface area (TPSA) is 95.7 Å². The molecule has 7 nitrogen and oxygen atoms in total. The second-order valence-corrected chi connectivity index (χ2v) is 7.58. The van der Waals surface area contributed by atoms with Crippen LogP contribution in [0.5, 0.6) is 0 Å². The fourth-order valence-electron chi connectivity index (χ4n) is 3.73. The summed E-state index contributed by atoms with van der Waals surface area (Å²) in [6.07, 6.45) is 0.513. The SMILES string of the molecule is Cc1ccc(NC(=O)CN(CCCO)C(c2ccccc2)c2ccccc2)cc1[N+](=O)[O-]. The summed E-state index contributed by atoms with van der Waals surface area (Å²) in [6, 6.07) is 24.3. The number of nitro benzene ring substituents is 1. The average Bonchev–Trinajstić information content (AvgIpc) is 2.80. The number of benzene rings is 3. The Labute approximate surface area is 187 Å². The highest BCUT2D eigenvalue weighted by atomic mass is 16.6. The van der Waals surface area contributed by atoms with E-state index in [1.165, 1.54) is 6.07 Å². The molecule has 0 aliphatic carbocycles. The molecule has 2 N–H and O–H groups in total. The van der Waals surface area contributed by atoms with E-state index in [0.717, 1.165) is 11.1 Å². The van der Waals surface area contributed by atoms with Gasteiger partial charge in [0, 0.05) is 30.5 Å². The van der Waals surface area contributed by atoms with E-state index in [-0.39, 0.29) is 30.8 Å². The van der Waals surface area contributed by atoms with Crippen LogP contribution < -0.4 is 5.32 Å². The molecule has 3 aromatic rings. The van der Waals surface area contributed by atoms with Crippen LogP contribution in [0.1, 0.15) is 29.2 Å². The number of aliphatic hydroxyl groups is 1. The highest BCUT2D eigenvalue weighted by Crippen LogP contribution is 2.29. The highest BCUT2D eigenvalue weighted by molar-refractivity contribution is 5.92. The Bertz CT molecular complexity index is 1000. The predicted octanol–water partition coefficient (Wildman–Crippen LogP) is 4.32. The maximum atomic E-state index is 12.9. The monoisotopic (exact) mass is 433 g/mol. The summed E-state index contributed by atoms with van der Waals surface area (Å²) in [5.41, 5.74) is 2.95. The molecule has 3 rings (SSSR count). The van der Waals surface area contributed by atoms with Crippen molar-refractivity contribution in [3.63, 3.8) is 0 Å². The lowest BCUT2D eigenvalue weighted by molar-refractivity contribution is -0.385.